The molecule has 3 aromatic carbocycles. The van der Waals surface area contributed by atoms with E-state index in [9.17, 15) is 14.4 Å². The normalized spacial score (nSPS) is 10.3. The van der Waals surface area contributed by atoms with Gasteiger partial charge >= 0.3 is 0 Å². The van der Waals surface area contributed by atoms with E-state index in [1.807, 2.05) is 56.3 Å². The van der Waals surface area contributed by atoms with Gasteiger partial charge in [-0.1, -0.05) is 25.1 Å². The van der Waals surface area contributed by atoms with E-state index in [4.69, 9.17) is 0 Å². The average molecular weight is 459 g/mol. The van der Waals surface area contributed by atoms with Gasteiger partial charge in [0.05, 0.1) is 6.54 Å². The number of para-hydroxylation sites is 1. The minimum atomic E-state index is -0.209. The Morgan fingerprint density at radius 1 is 0.706 bits per heavy atom. The van der Waals surface area contributed by atoms with Gasteiger partial charge in [0, 0.05) is 41.3 Å². The molecule has 0 aliphatic heterocycles. The van der Waals surface area contributed by atoms with Crippen LogP contribution in [0.25, 0.3) is 0 Å². The van der Waals surface area contributed by atoms with Crippen LogP contribution < -0.4 is 20.9 Å². The number of carbonyl (C=O) groups excluding carboxylic acids is 3. The number of nitrogens with one attached hydrogen (secondary N) is 3. The molecular formula is C27H30N4O3. The van der Waals surface area contributed by atoms with E-state index < -0.39 is 0 Å². The maximum atomic E-state index is 12.9. The van der Waals surface area contributed by atoms with Gasteiger partial charge in [0.1, 0.15) is 0 Å². The van der Waals surface area contributed by atoms with E-state index in [0.29, 0.717) is 24.2 Å². The Morgan fingerprint density at radius 2 is 1.26 bits per heavy atom. The molecule has 0 radical (unpaired) electrons. The van der Waals surface area contributed by atoms with Crippen molar-refractivity contribution in [2.45, 2.75) is 26.7 Å². The van der Waals surface area contributed by atoms with Crippen molar-refractivity contribution < 1.29 is 14.4 Å². The van der Waals surface area contributed by atoms with E-state index in [0.717, 1.165) is 23.5 Å². The fourth-order valence-electron chi connectivity index (χ4n) is 3.41. The van der Waals surface area contributed by atoms with Gasteiger partial charge in [-0.05, 0) is 74.0 Å². The van der Waals surface area contributed by atoms with Crippen LogP contribution in [0.3, 0.4) is 0 Å². The van der Waals surface area contributed by atoms with Gasteiger partial charge in [-0.15, -0.1) is 0 Å². The van der Waals surface area contributed by atoms with Crippen LogP contribution in [0.4, 0.5) is 22.7 Å². The third-order valence-corrected chi connectivity index (χ3v) is 5.14. The van der Waals surface area contributed by atoms with E-state index in [1.54, 1.807) is 41.3 Å². The topological polar surface area (TPSA) is 90.5 Å². The average Bonchev–Trinajstić information content (AvgIpc) is 2.85. The lowest BCUT2D eigenvalue weighted by Gasteiger charge is -2.21. The number of rotatable bonds is 10. The van der Waals surface area contributed by atoms with Gasteiger partial charge in [0.25, 0.3) is 5.91 Å². The maximum Gasteiger partial charge on any atom is 0.258 e. The van der Waals surface area contributed by atoms with Gasteiger partial charge in [0.2, 0.25) is 11.8 Å². The van der Waals surface area contributed by atoms with Crippen molar-refractivity contribution in [1.82, 2.24) is 0 Å². The van der Waals surface area contributed by atoms with Gasteiger partial charge in [0.15, 0.2) is 0 Å². The molecule has 0 spiro atoms. The van der Waals surface area contributed by atoms with Crippen molar-refractivity contribution in [2.75, 3.05) is 33.9 Å². The van der Waals surface area contributed by atoms with Crippen molar-refractivity contribution >= 4 is 40.5 Å². The van der Waals surface area contributed by atoms with Crippen molar-refractivity contribution in [3.8, 4) is 0 Å². The monoisotopic (exact) mass is 458 g/mol. The number of hydrogen-bond acceptors (Lipinski definition) is 4. The molecule has 3 N–H and O–H groups in total. The first-order valence-electron chi connectivity index (χ1n) is 11.4. The fraction of sp³-hybridized carbons (Fsp3) is 0.222. The van der Waals surface area contributed by atoms with E-state index in [-0.39, 0.29) is 24.3 Å². The van der Waals surface area contributed by atoms with Crippen LogP contribution in [0, 0.1) is 0 Å². The van der Waals surface area contributed by atoms with E-state index >= 15 is 0 Å². The first-order valence-corrected chi connectivity index (χ1v) is 11.4. The summed E-state index contributed by atoms with van der Waals surface area (Å²) in [6.45, 7) is 4.53. The molecule has 0 atom stereocenters. The lowest BCUT2D eigenvalue weighted by molar-refractivity contribution is -0.116. The number of anilines is 4. The SMILES string of the molecule is CCCC(=O)Nc1ccc(NCC(=O)Nc2ccc(C(=O)N(CC)c3ccccc3)cc2)cc1. The first-order chi connectivity index (χ1) is 16.5. The van der Waals surface area contributed by atoms with Gasteiger partial charge in [-0.2, -0.15) is 0 Å². The Bertz CT molecular complexity index is 1100. The Morgan fingerprint density at radius 3 is 1.85 bits per heavy atom. The summed E-state index contributed by atoms with van der Waals surface area (Å²) in [5, 5.41) is 8.70. The van der Waals surface area contributed by atoms with Crippen LogP contribution in [0.2, 0.25) is 0 Å². The van der Waals surface area contributed by atoms with Crippen molar-refractivity contribution in [1.29, 1.82) is 0 Å². The zero-order valence-corrected chi connectivity index (χ0v) is 19.5. The predicted octanol–water partition coefficient (Wildman–Crippen LogP) is 5.14. The quantitative estimate of drug-likeness (QED) is 0.392. The summed E-state index contributed by atoms with van der Waals surface area (Å²) in [7, 11) is 0. The molecule has 0 unspecified atom stereocenters. The number of nitrogens with zero attached hydrogens (tertiary/aromatic N) is 1. The molecule has 0 aromatic heterocycles. The van der Waals surface area contributed by atoms with Gasteiger partial charge < -0.3 is 20.9 Å². The highest BCUT2D eigenvalue weighted by molar-refractivity contribution is 6.06. The summed E-state index contributed by atoms with van der Waals surface area (Å²) in [6.07, 6.45) is 1.28. The molecule has 7 nitrogen and oxygen atoms in total. The molecule has 0 aliphatic rings. The Kier molecular flexibility index (Phi) is 8.80. The highest BCUT2D eigenvalue weighted by atomic mass is 16.2. The van der Waals surface area contributed by atoms with Crippen LogP contribution in [-0.2, 0) is 9.59 Å². The van der Waals surface area contributed by atoms with Gasteiger partial charge in [-0.25, -0.2) is 0 Å². The summed E-state index contributed by atoms with van der Waals surface area (Å²) in [4.78, 5) is 38.6. The van der Waals surface area contributed by atoms with Crippen molar-refractivity contribution in [3.05, 3.63) is 84.4 Å². The van der Waals surface area contributed by atoms with Crippen molar-refractivity contribution in [2.24, 2.45) is 0 Å². The number of amides is 3. The maximum absolute atomic E-state index is 12.9. The smallest absolute Gasteiger partial charge is 0.258 e. The molecule has 3 rings (SSSR count). The lowest BCUT2D eigenvalue weighted by atomic mass is 10.1. The molecule has 0 saturated carbocycles. The summed E-state index contributed by atoms with van der Waals surface area (Å²) in [5.41, 5.74) is 3.49. The molecule has 7 heteroatoms. The predicted molar refractivity (Wildman–Crippen MR) is 137 cm³/mol. The molecule has 0 saturated heterocycles. The zero-order valence-electron chi connectivity index (χ0n) is 19.5. The second-order valence-electron chi connectivity index (χ2n) is 7.74. The third-order valence-electron chi connectivity index (χ3n) is 5.14. The standard InChI is InChI=1S/C27H30N4O3/c1-3-8-25(32)29-23-17-15-21(16-18-23)28-19-26(33)30-22-13-11-20(12-14-22)27(34)31(4-2)24-9-6-5-7-10-24/h5-7,9-18,28H,3-4,8,19H2,1-2H3,(H,29,32)(H,30,33). The van der Waals surface area contributed by atoms with Crippen LogP contribution in [-0.4, -0.2) is 30.8 Å². The lowest BCUT2D eigenvalue weighted by Crippen LogP contribution is -2.30. The summed E-state index contributed by atoms with van der Waals surface area (Å²) in [6, 6.07) is 23.6. The molecule has 34 heavy (non-hydrogen) atoms. The highest BCUT2D eigenvalue weighted by Crippen LogP contribution is 2.18. The number of hydrogen-bond donors (Lipinski definition) is 3. The Hall–Kier alpha value is -4.13. The van der Waals surface area contributed by atoms with E-state index in [2.05, 4.69) is 16.0 Å². The fourth-order valence-corrected chi connectivity index (χ4v) is 3.41. The molecule has 0 heterocycles. The minimum absolute atomic E-state index is 0.0160. The van der Waals surface area contributed by atoms with Crippen LogP contribution in [0.1, 0.15) is 37.0 Å². The molecule has 0 bridgehead atoms. The minimum Gasteiger partial charge on any atom is -0.376 e. The summed E-state index contributed by atoms with van der Waals surface area (Å²) >= 11 is 0. The summed E-state index contributed by atoms with van der Waals surface area (Å²) < 4.78 is 0. The summed E-state index contributed by atoms with van der Waals surface area (Å²) in [5.74, 6) is -0.320. The van der Waals surface area contributed by atoms with E-state index in [1.165, 1.54) is 0 Å². The van der Waals surface area contributed by atoms with Crippen LogP contribution in [0.15, 0.2) is 78.9 Å². The molecular weight excluding hydrogens is 428 g/mol. The second-order valence-corrected chi connectivity index (χ2v) is 7.74. The molecule has 3 amide bonds. The van der Waals surface area contributed by atoms with Crippen molar-refractivity contribution in [3.63, 3.8) is 0 Å². The Balaban J connectivity index is 1.51. The molecule has 0 aliphatic carbocycles. The van der Waals surface area contributed by atoms with Crippen LogP contribution in [0.5, 0.6) is 0 Å². The molecule has 176 valence electrons. The zero-order chi connectivity index (χ0) is 24.3. The molecule has 3 aromatic rings. The third kappa shape index (κ3) is 6.93. The largest absolute Gasteiger partial charge is 0.376 e. The Labute approximate surface area is 200 Å². The van der Waals surface area contributed by atoms with Gasteiger partial charge in [-0.3, -0.25) is 14.4 Å². The molecule has 0 fully saturated rings. The second kappa shape index (κ2) is 12.2. The first kappa shape index (κ1) is 24.5. The number of benzene rings is 3. The number of carbonyl (C=O) groups is 3. The van der Waals surface area contributed by atoms with Crippen LogP contribution >= 0.6 is 0 Å². The highest BCUT2D eigenvalue weighted by Gasteiger charge is 2.16.